The first-order chi connectivity index (χ1) is 12.1. The maximum atomic E-state index is 11.9. The average molecular weight is 380 g/mol. The number of hydrogen-bond acceptors (Lipinski definition) is 3. The molecule has 1 heterocycles. The highest BCUT2D eigenvalue weighted by Gasteiger charge is 2.38. The predicted molar refractivity (Wildman–Crippen MR) is 112 cm³/mol. The number of unbranched alkanes of at least 4 members (excludes halogenated alkanes) is 3. The van der Waals surface area contributed by atoms with E-state index in [1.165, 1.54) is 0 Å². The van der Waals surface area contributed by atoms with Crippen LogP contribution in [0.3, 0.4) is 0 Å². The van der Waals surface area contributed by atoms with Crippen LogP contribution in [0.15, 0.2) is 36.6 Å². The smallest absolute Gasteiger partial charge is 0.414 e. The summed E-state index contributed by atoms with van der Waals surface area (Å²) in [5, 5.41) is 0.178. The van der Waals surface area contributed by atoms with Gasteiger partial charge in [-0.25, -0.2) is 4.79 Å². The van der Waals surface area contributed by atoms with Crippen molar-refractivity contribution in [2.75, 3.05) is 13.2 Å². The lowest BCUT2D eigenvalue weighted by molar-refractivity contribution is 0.165. The largest absolute Gasteiger partial charge is 0.447 e. The molecule has 0 aromatic heterocycles. The first-order valence-electron chi connectivity index (χ1n) is 9.70. The van der Waals surface area contributed by atoms with Crippen LogP contribution >= 0.6 is 0 Å². The molecule has 1 aliphatic heterocycles. The van der Waals surface area contributed by atoms with Gasteiger partial charge in [-0.05, 0) is 56.8 Å². The number of ether oxygens (including phenoxy) is 1. The third-order valence-corrected chi connectivity index (χ3v) is 9.69. The number of rotatable bonds is 10. The Balaban J connectivity index is 2.77. The van der Waals surface area contributed by atoms with E-state index in [1.54, 1.807) is 4.90 Å². The summed E-state index contributed by atoms with van der Waals surface area (Å²) in [5.74, 6) is 0. The van der Waals surface area contributed by atoms with Crippen LogP contribution in [0.2, 0.25) is 18.1 Å². The molecule has 1 rings (SSSR count). The van der Waals surface area contributed by atoms with Gasteiger partial charge in [-0.3, -0.25) is 4.90 Å². The van der Waals surface area contributed by atoms with Crippen LogP contribution in [0.1, 0.15) is 53.4 Å². The van der Waals surface area contributed by atoms with Crippen LogP contribution in [0.4, 0.5) is 4.79 Å². The molecule has 0 aromatic carbocycles. The molecule has 0 saturated carbocycles. The minimum Gasteiger partial charge on any atom is -0.447 e. The van der Waals surface area contributed by atoms with Gasteiger partial charge in [0.1, 0.15) is 6.61 Å². The fourth-order valence-corrected chi connectivity index (χ4v) is 3.86. The Kier molecular flexibility index (Phi) is 8.84. The zero-order chi connectivity index (χ0) is 19.8. The Morgan fingerprint density at radius 3 is 2.54 bits per heavy atom. The molecule has 1 saturated heterocycles. The lowest BCUT2D eigenvalue weighted by Gasteiger charge is -2.37. The van der Waals surface area contributed by atoms with Crippen LogP contribution in [-0.2, 0) is 9.16 Å². The summed E-state index contributed by atoms with van der Waals surface area (Å²) in [5.41, 5.74) is 0.914. The molecule has 0 radical (unpaired) electrons. The number of hydrogen-bond donors (Lipinski definition) is 0. The number of carbonyl (C=O) groups is 1. The summed E-state index contributed by atoms with van der Waals surface area (Å²) in [6, 6.07) is 0. The van der Waals surface area contributed by atoms with Gasteiger partial charge in [0.2, 0.25) is 0 Å². The van der Waals surface area contributed by atoms with Gasteiger partial charge in [0, 0.05) is 5.70 Å². The summed E-state index contributed by atoms with van der Waals surface area (Å²) >= 11 is 0. The number of cyclic esters (lactones) is 1. The summed E-state index contributed by atoms with van der Waals surface area (Å²) in [7, 11) is -1.81. The van der Waals surface area contributed by atoms with Crippen molar-refractivity contribution in [2.24, 2.45) is 0 Å². The Labute approximate surface area is 161 Å². The van der Waals surface area contributed by atoms with Gasteiger partial charge in [-0.2, -0.15) is 0 Å². The van der Waals surface area contributed by atoms with Crippen molar-refractivity contribution in [2.45, 2.75) is 77.6 Å². The zero-order valence-corrected chi connectivity index (χ0v) is 18.5. The van der Waals surface area contributed by atoms with Gasteiger partial charge >= 0.3 is 6.09 Å². The maximum Gasteiger partial charge on any atom is 0.414 e. The topological polar surface area (TPSA) is 38.8 Å². The van der Waals surface area contributed by atoms with E-state index in [0.717, 1.165) is 31.4 Å². The van der Waals surface area contributed by atoms with Crippen molar-refractivity contribution < 1.29 is 14.0 Å². The molecule has 1 atom stereocenters. The second-order valence-corrected chi connectivity index (χ2v) is 13.2. The molecular weight excluding hydrogens is 342 g/mol. The number of nitrogens with zero attached hydrogens (tertiary/aromatic N) is 1. The Hall–Kier alpha value is -1.33. The van der Waals surface area contributed by atoms with Crippen molar-refractivity contribution in [3.8, 4) is 0 Å². The monoisotopic (exact) mass is 379 g/mol. The van der Waals surface area contributed by atoms with Gasteiger partial charge in [-0.15, -0.1) is 6.58 Å². The summed E-state index contributed by atoms with van der Waals surface area (Å²) in [6.07, 6.45) is 12.1. The molecule has 1 unspecified atom stereocenters. The third kappa shape index (κ3) is 7.12. The molecule has 26 heavy (non-hydrogen) atoms. The third-order valence-electron chi connectivity index (χ3n) is 5.11. The highest BCUT2D eigenvalue weighted by Crippen LogP contribution is 2.37. The Morgan fingerprint density at radius 2 is 2.00 bits per heavy atom. The molecule has 0 N–H and O–H groups in total. The van der Waals surface area contributed by atoms with Crippen LogP contribution < -0.4 is 0 Å². The fraction of sp³-hybridized carbons (Fsp3) is 0.667. The quantitative estimate of drug-likeness (QED) is 0.201. The van der Waals surface area contributed by atoms with E-state index >= 15 is 0 Å². The second kappa shape index (κ2) is 10.1. The van der Waals surface area contributed by atoms with E-state index in [1.807, 2.05) is 12.2 Å². The van der Waals surface area contributed by atoms with Crippen LogP contribution in [0, 0.1) is 0 Å². The SMILES string of the molecule is C=CCCCC/C=C(/C=C/C(C)O[Si](C)(C)C(C)(C)C)N1CCOC1=O. The van der Waals surface area contributed by atoms with Crippen molar-refractivity contribution >= 4 is 14.4 Å². The summed E-state index contributed by atoms with van der Waals surface area (Å²) < 4.78 is 11.5. The highest BCUT2D eigenvalue weighted by molar-refractivity contribution is 6.74. The average Bonchev–Trinajstić information content (AvgIpc) is 2.94. The number of carbonyl (C=O) groups excluding carboxylic acids is 1. The maximum absolute atomic E-state index is 11.9. The van der Waals surface area contributed by atoms with E-state index in [-0.39, 0.29) is 17.2 Å². The van der Waals surface area contributed by atoms with Gasteiger partial charge in [0.25, 0.3) is 0 Å². The standard InChI is InChI=1S/C21H37NO3Si/c1-8-9-10-11-12-13-19(22-16-17-24-20(22)23)15-14-18(2)25-26(6,7)21(3,4)5/h8,13-15,18H,1,9-12,16-17H2,2-7H3/b15-14+,19-13-. The lowest BCUT2D eigenvalue weighted by Crippen LogP contribution is -2.42. The highest BCUT2D eigenvalue weighted by atomic mass is 28.4. The second-order valence-electron chi connectivity index (χ2n) is 8.41. The molecule has 0 bridgehead atoms. The fourth-order valence-electron chi connectivity index (χ4n) is 2.49. The molecule has 0 aromatic rings. The van der Waals surface area contributed by atoms with Crippen LogP contribution in [-0.4, -0.2) is 38.6 Å². The molecule has 0 spiro atoms. The number of amides is 1. The normalized spacial score (nSPS) is 17.7. The Morgan fingerprint density at radius 1 is 1.35 bits per heavy atom. The molecule has 0 aliphatic carbocycles. The van der Waals surface area contributed by atoms with E-state index < -0.39 is 8.32 Å². The summed E-state index contributed by atoms with van der Waals surface area (Å²) in [6.45, 7) is 18.1. The minimum atomic E-state index is -1.81. The van der Waals surface area contributed by atoms with Crippen molar-refractivity contribution in [3.05, 3.63) is 36.6 Å². The molecule has 1 amide bonds. The van der Waals surface area contributed by atoms with Crippen LogP contribution in [0.25, 0.3) is 0 Å². The molecule has 4 nitrogen and oxygen atoms in total. The predicted octanol–water partition coefficient (Wildman–Crippen LogP) is 6.04. The number of allylic oxidation sites excluding steroid dienone is 3. The molecule has 1 fully saturated rings. The molecule has 1 aliphatic rings. The zero-order valence-electron chi connectivity index (χ0n) is 17.5. The van der Waals surface area contributed by atoms with Gasteiger partial charge < -0.3 is 9.16 Å². The summed E-state index contributed by atoms with van der Waals surface area (Å²) in [4.78, 5) is 13.7. The minimum absolute atomic E-state index is 0.0127. The van der Waals surface area contributed by atoms with Crippen molar-refractivity contribution in [3.63, 3.8) is 0 Å². The van der Waals surface area contributed by atoms with Crippen LogP contribution in [0.5, 0.6) is 0 Å². The first kappa shape index (κ1) is 22.7. The van der Waals surface area contributed by atoms with Crippen molar-refractivity contribution in [1.82, 2.24) is 4.90 Å². The van der Waals surface area contributed by atoms with Gasteiger partial charge in [0.05, 0.1) is 12.6 Å². The van der Waals surface area contributed by atoms with Crippen molar-refractivity contribution in [1.29, 1.82) is 0 Å². The van der Waals surface area contributed by atoms with E-state index in [0.29, 0.717) is 13.2 Å². The van der Waals surface area contributed by atoms with E-state index in [2.05, 4.69) is 59.5 Å². The van der Waals surface area contributed by atoms with E-state index in [4.69, 9.17) is 9.16 Å². The van der Waals surface area contributed by atoms with Gasteiger partial charge in [-0.1, -0.05) is 39.0 Å². The Bertz CT molecular complexity index is 532. The molecule has 148 valence electrons. The molecule has 5 heteroatoms. The molecular formula is C21H37NO3Si. The van der Waals surface area contributed by atoms with E-state index in [9.17, 15) is 4.79 Å². The lowest BCUT2D eigenvalue weighted by atomic mass is 10.1. The first-order valence-corrected chi connectivity index (χ1v) is 12.6. The van der Waals surface area contributed by atoms with Gasteiger partial charge in [0.15, 0.2) is 8.32 Å².